The fraction of sp³-hybridized carbons (Fsp3) is 0.609. The van der Waals surface area contributed by atoms with Crippen molar-refractivity contribution in [2.75, 3.05) is 7.05 Å². The highest BCUT2D eigenvalue weighted by molar-refractivity contribution is 5.92. The molecule has 0 aliphatic heterocycles. The van der Waals surface area contributed by atoms with Crippen molar-refractivity contribution in [1.82, 2.24) is 15.5 Å². The van der Waals surface area contributed by atoms with Gasteiger partial charge in [-0.25, -0.2) is 4.79 Å². The van der Waals surface area contributed by atoms with Gasteiger partial charge in [-0.2, -0.15) is 0 Å². The number of hydrogen-bond acceptors (Lipinski definition) is 4. The molecule has 0 saturated heterocycles. The first-order valence-electron chi connectivity index (χ1n) is 10.3. The maximum Gasteiger partial charge on any atom is 0.408 e. The first-order chi connectivity index (χ1) is 13.6. The van der Waals surface area contributed by atoms with Gasteiger partial charge in [-0.1, -0.05) is 44.2 Å². The topological polar surface area (TPSA) is 87.7 Å². The van der Waals surface area contributed by atoms with Crippen LogP contribution in [0.3, 0.4) is 0 Å². The van der Waals surface area contributed by atoms with E-state index in [9.17, 15) is 14.4 Å². The minimum absolute atomic E-state index is 0.199. The maximum absolute atomic E-state index is 13.3. The van der Waals surface area contributed by atoms with E-state index in [0.717, 1.165) is 0 Å². The summed E-state index contributed by atoms with van der Waals surface area (Å²) in [7, 11) is 1.58. The number of benzene rings is 1. The van der Waals surface area contributed by atoms with Gasteiger partial charge >= 0.3 is 6.09 Å². The van der Waals surface area contributed by atoms with Crippen molar-refractivity contribution in [3.05, 3.63) is 35.9 Å². The molecular weight excluding hydrogens is 382 g/mol. The third-order valence-electron chi connectivity index (χ3n) is 4.20. The summed E-state index contributed by atoms with van der Waals surface area (Å²) in [5.41, 5.74) is -0.449. The van der Waals surface area contributed by atoms with Gasteiger partial charge < -0.3 is 20.3 Å². The molecule has 2 atom stereocenters. The van der Waals surface area contributed by atoms with Gasteiger partial charge in [-0.15, -0.1) is 0 Å². The molecule has 0 bridgehead atoms. The molecule has 168 valence electrons. The van der Waals surface area contributed by atoms with Crippen molar-refractivity contribution in [2.45, 2.75) is 78.6 Å². The summed E-state index contributed by atoms with van der Waals surface area (Å²) in [6.45, 7) is 14.6. The molecule has 0 aliphatic rings. The largest absolute Gasteiger partial charge is 0.444 e. The van der Waals surface area contributed by atoms with E-state index in [-0.39, 0.29) is 17.7 Å². The molecule has 1 aromatic rings. The van der Waals surface area contributed by atoms with Crippen LogP contribution in [0.15, 0.2) is 30.3 Å². The van der Waals surface area contributed by atoms with Crippen LogP contribution in [0.4, 0.5) is 4.79 Å². The van der Waals surface area contributed by atoms with Crippen LogP contribution in [-0.2, 0) is 14.3 Å². The molecule has 3 amide bonds. The van der Waals surface area contributed by atoms with Crippen LogP contribution < -0.4 is 10.6 Å². The molecule has 1 aromatic carbocycles. The predicted molar refractivity (Wildman–Crippen MR) is 118 cm³/mol. The lowest BCUT2D eigenvalue weighted by Crippen LogP contribution is -2.54. The lowest BCUT2D eigenvalue weighted by atomic mass is 9.98. The summed E-state index contributed by atoms with van der Waals surface area (Å²) in [6.07, 6.45) is -0.668. The summed E-state index contributed by atoms with van der Waals surface area (Å²) < 4.78 is 5.31. The lowest BCUT2D eigenvalue weighted by molar-refractivity contribution is -0.142. The third-order valence-corrected chi connectivity index (χ3v) is 4.20. The molecule has 7 nitrogen and oxygen atoms in total. The number of likely N-dealkylation sites (N-methyl/N-ethyl adjacent to an activating group) is 1. The summed E-state index contributed by atoms with van der Waals surface area (Å²) in [4.78, 5) is 40.1. The van der Waals surface area contributed by atoms with Gasteiger partial charge in [0.2, 0.25) is 11.8 Å². The Morgan fingerprint density at radius 2 is 1.50 bits per heavy atom. The first kappa shape index (κ1) is 25.5. The second-order valence-corrected chi connectivity index (χ2v) is 9.87. The molecule has 30 heavy (non-hydrogen) atoms. The van der Waals surface area contributed by atoms with E-state index in [1.54, 1.807) is 27.8 Å². The number of rotatable bonds is 6. The Bertz CT molecular complexity index is 733. The summed E-state index contributed by atoms with van der Waals surface area (Å²) in [5, 5.41) is 5.61. The highest BCUT2D eigenvalue weighted by Gasteiger charge is 2.36. The molecular formula is C23H37N3O4. The zero-order valence-electron chi connectivity index (χ0n) is 19.7. The van der Waals surface area contributed by atoms with Crippen LogP contribution >= 0.6 is 0 Å². The number of alkyl carbamates (subject to hydrolysis) is 1. The Kier molecular flexibility index (Phi) is 8.45. The summed E-state index contributed by atoms with van der Waals surface area (Å²) >= 11 is 0. The predicted octanol–water partition coefficient (Wildman–Crippen LogP) is 3.65. The van der Waals surface area contributed by atoms with Crippen molar-refractivity contribution in [1.29, 1.82) is 0 Å². The van der Waals surface area contributed by atoms with E-state index < -0.39 is 29.3 Å². The number of hydrogen-bond donors (Lipinski definition) is 2. The second-order valence-electron chi connectivity index (χ2n) is 9.87. The Hall–Kier alpha value is -2.57. The molecule has 2 N–H and O–H groups in total. The fourth-order valence-corrected chi connectivity index (χ4v) is 2.92. The first-order valence-corrected chi connectivity index (χ1v) is 10.3. The van der Waals surface area contributed by atoms with Gasteiger partial charge in [0.25, 0.3) is 0 Å². The van der Waals surface area contributed by atoms with E-state index in [4.69, 9.17) is 4.74 Å². The average molecular weight is 420 g/mol. The molecule has 0 spiro atoms. The van der Waals surface area contributed by atoms with Gasteiger partial charge in [-0.05, 0) is 53.0 Å². The van der Waals surface area contributed by atoms with Crippen molar-refractivity contribution >= 4 is 17.9 Å². The van der Waals surface area contributed by atoms with Gasteiger partial charge in [0.05, 0.1) is 0 Å². The van der Waals surface area contributed by atoms with Gasteiger partial charge in [-0.3, -0.25) is 9.59 Å². The van der Waals surface area contributed by atoms with Crippen LogP contribution in [0.25, 0.3) is 0 Å². The highest BCUT2D eigenvalue weighted by atomic mass is 16.6. The SMILES string of the molecule is CC(C)C(NC(=O)OC(C)(C)C)C(=O)N(C)C(C(=O)NC(C)(C)C)c1ccccc1. The Morgan fingerprint density at radius 3 is 1.93 bits per heavy atom. The highest BCUT2D eigenvalue weighted by Crippen LogP contribution is 2.23. The van der Waals surface area contributed by atoms with Crippen molar-refractivity contribution in [3.8, 4) is 0 Å². The van der Waals surface area contributed by atoms with Crippen LogP contribution in [0.5, 0.6) is 0 Å². The van der Waals surface area contributed by atoms with Crippen LogP contribution in [0, 0.1) is 5.92 Å². The quantitative estimate of drug-likeness (QED) is 0.737. The summed E-state index contributed by atoms with van der Waals surface area (Å²) in [6, 6.07) is 7.45. The molecule has 0 saturated carbocycles. The minimum Gasteiger partial charge on any atom is -0.444 e. The van der Waals surface area contributed by atoms with Crippen LogP contribution in [-0.4, -0.2) is 47.0 Å². The number of ether oxygens (including phenoxy) is 1. The minimum atomic E-state index is -0.835. The third kappa shape index (κ3) is 8.05. The molecule has 0 aromatic heterocycles. The number of amides is 3. The van der Waals surface area contributed by atoms with Crippen molar-refractivity contribution in [2.24, 2.45) is 5.92 Å². The monoisotopic (exact) mass is 419 g/mol. The molecule has 0 fully saturated rings. The smallest absolute Gasteiger partial charge is 0.408 e. The number of carbonyl (C=O) groups is 3. The van der Waals surface area contributed by atoms with Crippen LogP contribution in [0.2, 0.25) is 0 Å². The second kappa shape index (κ2) is 9.96. The van der Waals surface area contributed by atoms with Crippen molar-refractivity contribution < 1.29 is 19.1 Å². The molecule has 0 aliphatic carbocycles. The molecule has 0 heterocycles. The summed E-state index contributed by atoms with van der Waals surface area (Å²) in [5.74, 6) is -0.854. The standard InChI is InChI=1S/C23H37N3O4/c1-15(2)17(24-21(29)30-23(6,7)8)20(28)26(9)18(16-13-11-10-12-14-16)19(27)25-22(3,4)5/h10-15,17-18H,1-9H3,(H,24,29)(H,25,27). The molecule has 0 radical (unpaired) electrons. The average Bonchev–Trinajstić information content (AvgIpc) is 2.56. The van der Waals surface area contributed by atoms with E-state index in [1.165, 1.54) is 4.90 Å². The zero-order chi connectivity index (χ0) is 23.3. The molecule has 7 heteroatoms. The molecule has 1 rings (SSSR count). The van der Waals surface area contributed by atoms with E-state index in [1.807, 2.05) is 65.0 Å². The van der Waals surface area contributed by atoms with Gasteiger partial charge in [0, 0.05) is 12.6 Å². The Labute approximate surface area is 180 Å². The maximum atomic E-state index is 13.3. The zero-order valence-corrected chi connectivity index (χ0v) is 19.7. The van der Waals surface area contributed by atoms with E-state index in [2.05, 4.69) is 10.6 Å². The van der Waals surface area contributed by atoms with E-state index >= 15 is 0 Å². The Balaban J connectivity index is 3.18. The Morgan fingerprint density at radius 1 is 0.967 bits per heavy atom. The van der Waals surface area contributed by atoms with Gasteiger partial charge in [0.15, 0.2) is 0 Å². The molecule has 2 unspecified atom stereocenters. The normalized spacial score (nSPS) is 13.9. The van der Waals surface area contributed by atoms with Gasteiger partial charge in [0.1, 0.15) is 17.7 Å². The fourth-order valence-electron chi connectivity index (χ4n) is 2.92. The lowest BCUT2D eigenvalue weighted by Gasteiger charge is -2.34. The van der Waals surface area contributed by atoms with Crippen molar-refractivity contribution in [3.63, 3.8) is 0 Å². The number of nitrogens with one attached hydrogen (secondary N) is 2. The van der Waals surface area contributed by atoms with E-state index in [0.29, 0.717) is 5.56 Å². The number of carbonyl (C=O) groups excluding carboxylic acids is 3. The number of nitrogens with zero attached hydrogens (tertiary/aromatic N) is 1. The van der Waals surface area contributed by atoms with Crippen LogP contribution in [0.1, 0.15) is 67.0 Å².